The average molecular weight is 835 g/mol. The molecule has 2 bridgehead atoms. The Kier molecular flexibility index (Phi) is 11.3. The number of halogens is 2. The second-order valence-electron chi connectivity index (χ2n) is 17.1. The first-order chi connectivity index (χ1) is 29.5. The summed E-state index contributed by atoms with van der Waals surface area (Å²) < 4.78 is 40.6. The normalized spacial score (nSPS) is 21.3. The van der Waals surface area contributed by atoms with E-state index in [0.29, 0.717) is 66.8 Å². The number of nitrogens with zero attached hydrogens (tertiary/aromatic N) is 8. The van der Waals surface area contributed by atoms with Crippen molar-refractivity contribution in [1.82, 2.24) is 39.4 Å². The molecular weight excluding hydrogens is 783 g/mol. The minimum absolute atomic E-state index is 0.0604. The number of aryl methyl sites for hydroxylation is 2. The molecule has 14 nitrogen and oxygen atoms in total. The van der Waals surface area contributed by atoms with Gasteiger partial charge in [-0.3, -0.25) is 39.8 Å². The number of nitrogens with one attached hydrogen (secondary N) is 2. The van der Waals surface area contributed by atoms with Crippen LogP contribution in [0.25, 0.3) is 22.3 Å². The molecule has 0 unspecified atom stereocenters. The van der Waals surface area contributed by atoms with Gasteiger partial charge >= 0.3 is 0 Å². The summed E-state index contributed by atoms with van der Waals surface area (Å²) in [5.41, 5.74) is 5.79. The number of piperidine rings is 2. The smallest absolute Gasteiger partial charge is 0.258 e. The van der Waals surface area contributed by atoms with Gasteiger partial charge in [-0.25, -0.2) is 18.4 Å². The highest BCUT2D eigenvalue weighted by atomic mass is 19.1. The van der Waals surface area contributed by atoms with Crippen molar-refractivity contribution < 1.29 is 27.9 Å². The molecule has 2 aromatic carbocycles. The van der Waals surface area contributed by atoms with E-state index in [1.165, 1.54) is 17.7 Å². The number of hydrogen-bond donors (Lipinski definition) is 2. The number of rotatable bonds is 5. The van der Waals surface area contributed by atoms with Gasteiger partial charge in [0.25, 0.3) is 5.91 Å². The third-order valence-corrected chi connectivity index (χ3v) is 12.8. The van der Waals surface area contributed by atoms with Gasteiger partial charge in [0.05, 0.1) is 41.0 Å². The first-order valence-electron chi connectivity index (χ1n) is 21.5. The molecule has 4 aliphatic heterocycles. The van der Waals surface area contributed by atoms with E-state index in [1.54, 1.807) is 23.0 Å². The maximum Gasteiger partial charge on any atom is 0.258 e. The van der Waals surface area contributed by atoms with Crippen LogP contribution in [0.5, 0.6) is 5.88 Å². The quantitative estimate of drug-likeness (QED) is 0.209. The molecule has 320 valence electrons. The second-order valence-corrected chi connectivity index (χ2v) is 17.1. The Morgan fingerprint density at radius 2 is 1.66 bits per heavy atom. The fourth-order valence-corrected chi connectivity index (χ4v) is 9.52. The minimum atomic E-state index is -1.01. The van der Waals surface area contributed by atoms with Gasteiger partial charge in [0.2, 0.25) is 23.6 Å². The zero-order valence-electron chi connectivity index (χ0n) is 34.9. The number of piperazine rings is 1. The Balaban J connectivity index is 0.841. The minimum Gasteiger partial charge on any atom is -0.477 e. The number of hydrogen-bond acceptors (Lipinski definition) is 10. The number of ether oxygens (including phenoxy) is 1. The monoisotopic (exact) mass is 834 g/mol. The van der Waals surface area contributed by atoms with Crippen LogP contribution in [-0.4, -0.2) is 104 Å². The highest BCUT2D eigenvalue weighted by Crippen LogP contribution is 2.35. The Morgan fingerprint density at radius 3 is 2.41 bits per heavy atom. The Labute approximate surface area is 353 Å². The van der Waals surface area contributed by atoms with Crippen LogP contribution in [-0.2, 0) is 29.7 Å². The van der Waals surface area contributed by atoms with Crippen molar-refractivity contribution in [3.63, 3.8) is 0 Å². The Bertz CT molecular complexity index is 2460. The summed E-state index contributed by atoms with van der Waals surface area (Å²) in [6, 6.07) is 13.0. The van der Waals surface area contributed by atoms with Crippen molar-refractivity contribution in [3.05, 3.63) is 82.7 Å². The topological polar surface area (TPSA) is 143 Å². The summed E-state index contributed by atoms with van der Waals surface area (Å²) in [7, 11) is 1.84. The molecular formula is C45H52F2N10O4. The standard InChI is InChI=1S/C45H52F2N10O4/c1-27-5-4-18-61-44-34(24-48-53(44)3)38-21-30(19-28(2)49-38)42(59)52-45-50-37-8-6-29(20-39(37)57(45)25-27)26-54-14-16-56(17-15-54)31-10-12-55(13-11-31)32-22-35(46)41(36(47)23-32)33-7-9-40(58)51-43(33)60/h6,8,19-24,27,31,33H,4-5,7,9-18,25-26H2,1-3H3,(H,50,52,59)(H,51,58,60)/t27-,33-/m1/s1. The zero-order chi connectivity index (χ0) is 42.4. The molecule has 3 amide bonds. The maximum absolute atomic E-state index is 15.3. The number of amides is 3. The van der Waals surface area contributed by atoms with Gasteiger partial charge in [-0.1, -0.05) is 13.0 Å². The molecule has 9 rings (SSSR count). The number of carbonyl (C=O) groups excluding carboxylic acids is 3. The van der Waals surface area contributed by atoms with Gasteiger partial charge in [0, 0.05) is 94.4 Å². The van der Waals surface area contributed by atoms with Crippen LogP contribution >= 0.6 is 0 Å². The average Bonchev–Trinajstić information content (AvgIpc) is 3.77. The molecule has 0 aliphatic carbocycles. The van der Waals surface area contributed by atoms with E-state index >= 15 is 8.78 Å². The van der Waals surface area contributed by atoms with Crippen molar-refractivity contribution in [1.29, 1.82) is 0 Å². The van der Waals surface area contributed by atoms with Gasteiger partial charge in [-0.05, 0) is 86.9 Å². The molecule has 3 saturated heterocycles. The number of imide groups is 1. The van der Waals surface area contributed by atoms with E-state index in [1.807, 2.05) is 18.9 Å². The lowest BCUT2D eigenvalue weighted by molar-refractivity contribution is -0.134. The number of carbonyl (C=O) groups is 3. The predicted octanol–water partition coefficient (Wildman–Crippen LogP) is 5.79. The van der Waals surface area contributed by atoms with E-state index in [4.69, 9.17) is 14.7 Å². The van der Waals surface area contributed by atoms with Crippen LogP contribution in [0.2, 0.25) is 0 Å². The predicted molar refractivity (Wildman–Crippen MR) is 226 cm³/mol. The lowest BCUT2D eigenvalue weighted by atomic mass is 9.89. The summed E-state index contributed by atoms with van der Waals surface area (Å²) in [4.78, 5) is 54.4. The number of anilines is 2. The third-order valence-electron chi connectivity index (χ3n) is 12.8. The number of fused-ring (bicyclic) bond motifs is 7. The molecule has 2 N–H and O–H groups in total. The first-order valence-corrected chi connectivity index (χ1v) is 21.5. The number of pyridine rings is 1. The molecule has 7 heterocycles. The maximum atomic E-state index is 15.3. The van der Waals surface area contributed by atoms with E-state index in [9.17, 15) is 14.4 Å². The van der Waals surface area contributed by atoms with Gasteiger partial charge in [-0.15, -0.1) is 0 Å². The second kappa shape index (κ2) is 17.0. The molecule has 3 fully saturated rings. The molecule has 4 aliphatic rings. The summed E-state index contributed by atoms with van der Waals surface area (Å²) in [6.45, 7) is 11.2. The van der Waals surface area contributed by atoms with E-state index in [2.05, 4.69) is 55.2 Å². The molecule has 0 spiro atoms. The van der Waals surface area contributed by atoms with Crippen molar-refractivity contribution in [2.45, 2.75) is 77.4 Å². The molecule has 16 heteroatoms. The van der Waals surface area contributed by atoms with Crippen LogP contribution < -0.4 is 20.3 Å². The fraction of sp³-hybridized carbons (Fsp3) is 0.467. The SMILES string of the molecule is Cc1cc2cc(n1)-c1cnn(C)c1OCCC[C@@H](C)Cn1c(nc3ccc(CN4CCN(C5CCN(c6cc(F)c([C@H]7CCC(=O)NC7=O)c(F)c6)CC5)CC4)cc31)NC2=O. The van der Waals surface area contributed by atoms with E-state index in [-0.39, 0.29) is 30.2 Å². The van der Waals surface area contributed by atoms with Gasteiger partial charge in [0.15, 0.2) is 0 Å². The Morgan fingerprint density at radius 1 is 0.885 bits per heavy atom. The largest absolute Gasteiger partial charge is 0.477 e. The zero-order valence-corrected chi connectivity index (χ0v) is 34.9. The van der Waals surface area contributed by atoms with Gasteiger partial charge in [0.1, 0.15) is 11.6 Å². The lowest BCUT2D eigenvalue weighted by Gasteiger charge is -2.43. The number of imidazole rings is 1. The molecule has 61 heavy (non-hydrogen) atoms. The number of aromatic nitrogens is 5. The van der Waals surface area contributed by atoms with Crippen LogP contribution in [0, 0.1) is 24.5 Å². The summed E-state index contributed by atoms with van der Waals surface area (Å²) in [5, 5.41) is 9.74. The first kappa shape index (κ1) is 40.7. The van der Waals surface area contributed by atoms with E-state index < -0.39 is 29.4 Å². The third kappa shape index (κ3) is 8.47. The molecule has 0 saturated carbocycles. The molecule has 3 aromatic heterocycles. The van der Waals surface area contributed by atoms with Crippen molar-refractivity contribution in [2.75, 3.05) is 56.1 Å². The molecule has 0 radical (unpaired) electrons. The van der Waals surface area contributed by atoms with Crippen LogP contribution in [0.4, 0.5) is 20.4 Å². The van der Waals surface area contributed by atoms with E-state index in [0.717, 1.165) is 75.0 Å². The van der Waals surface area contributed by atoms with Crippen molar-refractivity contribution in [3.8, 4) is 17.1 Å². The van der Waals surface area contributed by atoms with Crippen LogP contribution in [0.15, 0.2) is 48.7 Å². The van der Waals surface area contributed by atoms with Crippen LogP contribution in [0.1, 0.15) is 78.5 Å². The molecule has 2 atom stereocenters. The highest BCUT2D eigenvalue weighted by molar-refractivity contribution is 6.05. The fourth-order valence-electron chi connectivity index (χ4n) is 9.52. The number of benzene rings is 2. The van der Waals surface area contributed by atoms with Gasteiger partial charge < -0.3 is 14.2 Å². The lowest BCUT2D eigenvalue weighted by Crippen LogP contribution is -2.53. The summed E-state index contributed by atoms with van der Waals surface area (Å²) in [5.74, 6) is -2.39. The summed E-state index contributed by atoms with van der Waals surface area (Å²) in [6.07, 6.45) is 5.43. The molecule has 5 aromatic rings. The van der Waals surface area contributed by atoms with Crippen molar-refractivity contribution in [2.24, 2.45) is 13.0 Å². The Hall–Kier alpha value is -5.74. The summed E-state index contributed by atoms with van der Waals surface area (Å²) >= 11 is 0. The van der Waals surface area contributed by atoms with Crippen molar-refractivity contribution >= 4 is 40.4 Å². The van der Waals surface area contributed by atoms with Gasteiger partial charge in [-0.2, -0.15) is 5.10 Å². The van der Waals surface area contributed by atoms with Crippen LogP contribution in [0.3, 0.4) is 0 Å². The highest BCUT2D eigenvalue weighted by Gasteiger charge is 2.34.